The molecule has 0 aliphatic heterocycles. The third kappa shape index (κ3) is 1.94. The van der Waals surface area contributed by atoms with Crippen LogP contribution in [0.4, 0.5) is 0 Å². The van der Waals surface area contributed by atoms with Crippen LogP contribution in [0.25, 0.3) is 10.8 Å². The maximum Gasteiger partial charge on any atom is 0.336 e. The lowest BCUT2D eigenvalue weighted by molar-refractivity contribution is 0.0684. The summed E-state index contributed by atoms with van der Waals surface area (Å²) in [6.45, 7) is 0. The van der Waals surface area contributed by atoms with Gasteiger partial charge < -0.3 is 10.2 Å². The highest BCUT2D eigenvalue weighted by Gasteiger charge is 2.14. The van der Waals surface area contributed by atoms with E-state index in [2.05, 4.69) is 0 Å². The van der Waals surface area contributed by atoms with Crippen LogP contribution in [0, 0.1) is 0 Å². The first-order valence-corrected chi connectivity index (χ1v) is 5.07. The van der Waals surface area contributed by atoms with Crippen molar-refractivity contribution in [3.63, 3.8) is 0 Å². The molecule has 2 aromatic rings. The summed E-state index contributed by atoms with van der Waals surface area (Å²) in [5, 5.41) is 19.1. The van der Waals surface area contributed by atoms with Crippen LogP contribution in [-0.2, 0) is 0 Å². The predicted molar refractivity (Wildman–Crippen MR) is 62.9 cm³/mol. The smallest absolute Gasteiger partial charge is 0.336 e. The molecule has 0 aliphatic carbocycles. The van der Waals surface area contributed by atoms with Crippen LogP contribution < -0.4 is 0 Å². The highest BCUT2D eigenvalue weighted by molar-refractivity contribution is 6.31. The highest BCUT2D eigenvalue weighted by Crippen LogP contribution is 2.26. The average Bonchev–Trinajstić information content (AvgIpc) is 2.26. The average molecular weight is 251 g/mol. The molecular formula is C12H7ClO4. The molecule has 2 rings (SSSR count). The first-order valence-electron chi connectivity index (χ1n) is 4.69. The summed E-state index contributed by atoms with van der Waals surface area (Å²) in [4.78, 5) is 22.0. The molecule has 0 aromatic heterocycles. The van der Waals surface area contributed by atoms with Crippen LogP contribution in [0.2, 0.25) is 5.02 Å². The molecule has 2 aromatic carbocycles. The first kappa shape index (κ1) is 11.4. The van der Waals surface area contributed by atoms with Crippen molar-refractivity contribution in [1.82, 2.24) is 0 Å². The fourth-order valence-corrected chi connectivity index (χ4v) is 1.87. The van der Waals surface area contributed by atoms with E-state index in [1.165, 1.54) is 30.3 Å². The van der Waals surface area contributed by atoms with Gasteiger partial charge in [0.25, 0.3) is 0 Å². The number of carboxylic acid groups (broad SMARTS) is 2. The second kappa shape index (κ2) is 4.07. The Morgan fingerprint density at radius 1 is 0.882 bits per heavy atom. The zero-order valence-corrected chi connectivity index (χ0v) is 9.23. The minimum Gasteiger partial charge on any atom is -0.478 e. The Balaban J connectivity index is 2.90. The molecule has 0 unspecified atom stereocenters. The van der Waals surface area contributed by atoms with E-state index in [0.29, 0.717) is 15.8 Å². The molecule has 0 radical (unpaired) electrons. The summed E-state index contributed by atoms with van der Waals surface area (Å²) in [5.74, 6) is -2.22. The summed E-state index contributed by atoms with van der Waals surface area (Å²) in [6, 6.07) is 7.04. The molecule has 0 heterocycles. The van der Waals surface area contributed by atoms with Gasteiger partial charge in [0, 0.05) is 5.02 Å². The van der Waals surface area contributed by atoms with Gasteiger partial charge in [0.2, 0.25) is 0 Å². The Kier molecular flexibility index (Phi) is 2.73. The van der Waals surface area contributed by atoms with E-state index in [1.54, 1.807) is 0 Å². The Morgan fingerprint density at radius 2 is 1.41 bits per heavy atom. The Hall–Kier alpha value is -2.07. The fraction of sp³-hybridized carbons (Fsp3) is 0. The number of hydrogen-bond acceptors (Lipinski definition) is 2. The number of hydrogen-bond donors (Lipinski definition) is 2. The van der Waals surface area contributed by atoms with E-state index in [9.17, 15) is 9.59 Å². The molecular weight excluding hydrogens is 244 g/mol. The number of carbonyl (C=O) groups is 2. The van der Waals surface area contributed by atoms with Gasteiger partial charge in [-0.1, -0.05) is 17.7 Å². The van der Waals surface area contributed by atoms with Crippen LogP contribution in [0.1, 0.15) is 20.7 Å². The standard InChI is InChI=1S/C12H7ClO4/c13-6-1-2-7-8(11(14)15)3-4-9(12(16)17)10(7)5-6/h1-5H,(H,14,15)(H,16,17). The lowest BCUT2D eigenvalue weighted by Gasteiger charge is -2.06. The quantitative estimate of drug-likeness (QED) is 0.859. The zero-order valence-electron chi connectivity index (χ0n) is 8.48. The van der Waals surface area contributed by atoms with Gasteiger partial charge in [-0.15, -0.1) is 0 Å². The van der Waals surface area contributed by atoms with E-state index >= 15 is 0 Å². The minimum absolute atomic E-state index is 0.0347. The van der Waals surface area contributed by atoms with Gasteiger partial charge in [-0.05, 0) is 35.0 Å². The summed E-state index contributed by atoms with van der Waals surface area (Å²) in [7, 11) is 0. The monoisotopic (exact) mass is 250 g/mol. The van der Waals surface area contributed by atoms with E-state index in [1.807, 2.05) is 0 Å². The fourth-order valence-electron chi connectivity index (χ4n) is 1.69. The van der Waals surface area contributed by atoms with Crippen molar-refractivity contribution < 1.29 is 19.8 Å². The van der Waals surface area contributed by atoms with Gasteiger partial charge in [-0.2, -0.15) is 0 Å². The number of carboxylic acids is 2. The molecule has 86 valence electrons. The van der Waals surface area contributed by atoms with Crippen molar-refractivity contribution in [1.29, 1.82) is 0 Å². The van der Waals surface area contributed by atoms with Crippen LogP contribution in [0.15, 0.2) is 30.3 Å². The van der Waals surface area contributed by atoms with Crippen molar-refractivity contribution in [3.05, 3.63) is 46.5 Å². The molecule has 0 atom stereocenters. The Labute approximate surface area is 101 Å². The SMILES string of the molecule is O=C(O)c1ccc(C(=O)O)c2cc(Cl)ccc12. The summed E-state index contributed by atoms with van der Waals surface area (Å²) < 4.78 is 0. The Morgan fingerprint density at radius 3 is 1.94 bits per heavy atom. The minimum atomic E-state index is -1.12. The van der Waals surface area contributed by atoms with Crippen molar-refractivity contribution >= 4 is 34.3 Å². The molecule has 4 nitrogen and oxygen atoms in total. The van der Waals surface area contributed by atoms with Gasteiger partial charge in [-0.25, -0.2) is 9.59 Å². The predicted octanol–water partition coefficient (Wildman–Crippen LogP) is 2.89. The Bertz CT molecular complexity index is 634. The molecule has 2 N–H and O–H groups in total. The number of rotatable bonds is 2. The van der Waals surface area contributed by atoms with Gasteiger partial charge in [0.05, 0.1) is 11.1 Å². The number of halogens is 1. The van der Waals surface area contributed by atoms with Gasteiger partial charge in [0.1, 0.15) is 0 Å². The van der Waals surface area contributed by atoms with Crippen molar-refractivity contribution in [3.8, 4) is 0 Å². The van der Waals surface area contributed by atoms with E-state index in [-0.39, 0.29) is 11.1 Å². The van der Waals surface area contributed by atoms with Gasteiger partial charge >= 0.3 is 11.9 Å². The van der Waals surface area contributed by atoms with Gasteiger partial charge in [-0.3, -0.25) is 0 Å². The molecule has 0 amide bonds. The zero-order chi connectivity index (χ0) is 12.6. The van der Waals surface area contributed by atoms with Crippen molar-refractivity contribution in [2.24, 2.45) is 0 Å². The molecule has 5 heteroatoms. The number of aromatic carboxylic acids is 2. The third-order valence-corrected chi connectivity index (χ3v) is 2.67. The van der Waals surface area contributed by atoms with Gasteiger partial charge in [0.15, 0.2) is 0 Å². The maximum absolute atomic E-state index is 11.0. The lowest BCUT2D eigenvalue weighted by atomic mass is 9.99. The third-order valence-electron chi connectivity index (χ3n) is 2.44. The number of fused-ring (bicyclic) bond motifs is 1. The van der Waals surface area contributed by atoms with Crippen LogP contribution >= 0.6 is 11.6 Å². The normalized spacial score (nSPS) is 10.4. The largest absolute Gasteiger partial charge is 0.478 e. The molecule has 0 bridgehead atoms. The molecule has 0 fully saturated rings. The molecule has 0 spiro atoms. The molecule has 0 saturated heterocycles. The molecule has 0 aliphatic rings. The topological polar surface area (TPSA) is 74.6 Å². The lowest BCUT2D eigenvalue weighted by Crippen LogP contribution is -2.02. The van der Waals surface area contributed by atoms with E-state index < -0.39 is 11.9 Å². The maximum atomic E-state index is 11.0. The summed E-state index contributed by atoms with van der Waals surface area (Å²) >= 11 is 5.79. The van der Waals surface area contributed by atoms with Crippen molar-refractivity contribution in [2.75, 3.05) is 0 Å². The van der Waals surface area contributed by atoms with Crippen LogP contribution in [0.5, 0.6) is 0 Å². The van der Waals surface area contributed by atoms with Crippen LogP contribution in [0.3, 0.4) is 0 Å². The second-order valence-corrected chi connectivity index (χ2v) is 3.90. The molecule has 0 saturated carbocycles. The van der Waals surface area contributed by atoms with Crippen LogP contribution in [-0.4, -0.2) is 22.2 Å². The summed E-state index contributed by atoms with van der Waals surface area (Å²) in [5.41, 5.74) is 0.0918. The first-order chi connectivity index (χ1) is 8.00. The molecule has 17 heavy (non-hydrogen) atoms. The summed E-state index contributed by atoms with van der Waals surface area (Å²) in [6.07, 6.45) is 0. The second-order valence-electron chi connectivity index (χ2n) is 3.46. The van der Waals surface area contributed by atoms with E-state index in [4.69, 9.17) is 21.8 Å². The highest BCUT2D eigenvalue weighted by atomic mass is 35.5. The van der Waals surface area contributed by atoms with Crippen molar-refractivity contribution in [2.45, 2.75) is 0 Å². The number of benzene rings is 2. The van der Waals surface area contributed by atoms with E-state index in [0.717, 1.165) is 0 Å².